The first-order valence-corrected chi connectivity index (χ1v) is 8.50. The molecule has 2 amide bonds. The smallest absolute Gasteiger partial charge is 0.409 e. The van der Waals surface area contributed by atoms with Crippen LogP contribution in [0, 0.1) is 6.92 Å². The molecule has 126 valence electrons. The fraction of sp³-hybridized carbons (Fsp3) is 0.500. The second-order valence-corrected chi connectivity index (χ2v) is 6.26. The number of halogens is 1. The van der Waals surface area contributed by atoms with E-state index >= 15 is 0 Å². The zero-order valence-corrected chi connectivity index (χ0v) is 15.1. The van der Waals surface area contributed by atoms with E-state index in [0.717, 1.165) is 15.7 Å². The number of nitrogens with one attached hydrogen (secondary N) is 1. The summed E-state index contributed by atoms with van der Waals surface area (Å²) >= 11 is 3.49. The van der Waals surface area contributed by atoms with Crippen LogP contribution in [-0.4, -0.2) is 61.1 Å². The van der Waals surface area contributed by atoms with Gasteiger partial charge in [0.05, 0.1) is 13.2 Å². The molecule has 0 bridgehead atoms. The summed E-state index contributed by atoms with van der Waals surface area (Å²) in [7, 11) is 0. The van der Waals surface area contributed by atoms with E-state index in [9.17, 15) is 9.59 Å². The molecule has 6 nitrogen and oxygen atoms in total. The lowest BCUT2D eigenvalue weighted by Gasteiger charge is -2.34. The van der Waals surface area contributed by atoms with Gasteiger partial charge in [0.1, 0.15) is 0 Å². The minimum atomic E-state index is -0.304. The molecule has 23 heavy (non-hydrogen) atoms. The number of anilines is 1. The second-order valence-electron chi connectivity index (χ2n) is 5.40. The van der Waals surface area contributed by atoms with Crippen molar-refractivity contribution in [2.24, 2.45) is 0 Å². The van der Waals surface area contributed by atoms with E-state index in [1.165, 1.54) is 0 Å². The van der Waals surface area contributed by atoms with E-state index in [-0.39, 0.29) is 18.5 Å². The molecule has 0 atom stereocenters. The van der Waals surface area contributed by atoms with Crippen molar-refractivity contribution in [2.75, 3.05) is 44.6 Å². The summed E-state index contributed by atoms with van der Waals surface area (Å²) < 4.78 is 5.91. The van der Waals surface area contributed by atoms with Crippen LogP contribution in [-0.2, 0) is 9.53 Å². The summed E-state index contributed by atoms with van der Waals surface area (Å²) in [6.07, 6.45) is -0.304. The summed E-state index contributed by atoms with van der Waals surface area (Å²) in [5.74, 6) is 0.0287. The van der Waals surface area contributed by atoms with Crippen LogP contribution in [0.2, 0.25) is 0 Å². The molecular weight excluding hydrogens is 362 g/mol. The Hall–Kier alpha value is -1.76. The average Bonchev–Trinajstić information content (AvgIpc) is 2.54. The zero-order valence-electron chi connectivity index (χ0n) is 13.5. The van der Waals surface area contributed by atoms with Crippen molar-refractivity contribution in [2.45, 2.75) is 13.8 Å². The van der Waals surface area contributed by atoms with E-state index in [4.69, 9.17) is 4.74 Å². The fourth-order valence-corrected chi connectivity index (χ4v) is 3.03. The third kappa shape index (κ3) is 4.86. The van der Waals surface area contributed by atoms with Gasteiger partial charge in [0.15, 0.2) is 0 Å². The molecular formula is C16H22BrN3O3. The highest BCUT2D eigenvalue weighted by atomic mass is 79.9. The molecule has 2 rings (SSSR count). The largest absolute Gasteiger partial charge is 0.450 e. The minimum Gasteiger partial charge on any atom is -0.450 e. The predicted molar refractivity (Wildman–Crippen MR) is 92.5 cm³/mol. The predicted octanol–water partition coefficient (Wildman–Crippen LogP) is 2.47. The summed E-state index contributed by atoms with van der Waals surface area (Å²) in [5, 5.41) is 3.15. The van der Waals surface area contributed by atoms with Crippen molar-refractivity contribution in [1.82, 2.24) is 9.80 Å². The summed E-state index contributed by atoms with van der Waals surface area (Å²) in [5.41, 5.74) is 2.05. The van der Waals surface area contributed by atoms with E-state index in [1.807, 2.05) is 25.1 Å². The Balaban J connectivity index is 1.80. The van der Waals surface area contributed by atoms with Gasteiger partial charge in [0.25, 0.3) is 0 Å². The molecule has 1 aromatic carbocycles. The molecule has 1 aliphatic rings. The molecule has 1 fully saturated rings. The van der Waals surface area contributed by atoms with Crippen LogP contribution in [0.4, 0.5) is 10.5 Å². The quantitative estimate of drug-likeness (QED) is 0.867. The number of amides is 2. The lowest BCUT2D eigenvalue weighted by atomic mass is 10.2. The van der Waals surface area contributed by atoms with Gasteiger partial charge in [-0.25, -0.2) is 4.79 Å². The zero-order chi connectivity index (χ0) is 16.8. The van der Waals surface area contributed by atoms with Crippen LogP contribution < -0.4 is 5.32 Å². The number of ether oxygens (including phenoxy) is 1. The normalized spacial score (nSPS) is 14.6. The Morgan fingerprint density at radius 2 is 1.87 bits per heavy atom. The number of aryl methyl sites for hydroxylation is 1. The maximum Gasteiger partial charge on any atom is 0.409 e. The van der Waals surface area contributed by atoms with Crippen molar-refractivity contribution < 1.29 is 14.3 Å². The number of nitrogens with zero attached hydrogens (tertiary/aromatic N) is 2. The van der Waals surface area contributed by atoms with Gasteiger partial charge >= 0.3 is 6.09 Å². The van der Waals surface area contributed by atoms with Crippen molar-refractivity contribution in [1.29, 1.82) is 0 Å². The molecule has 1 N–H and O–H groups in total. The van der Waals surface area contributed by atoms with Crippen LogP contribution in [0.1, 0.15) is 12.5 Å². The van der Waals surface area contributed by atoms with E-state index in [1.54, 1.807) is 16.7 Å². The summed E-state index contributed by atoms with van der Waals surface area (Å²) in [6.45, 7) is 6.50. The van der Waals surface area contributed by atoms with Gasteiger partial charge < -0.3 is 19.9 Å². The number of piperazine rings is 1. The Morgan fingerprint density at radius 3 is 2.48 bits per heavy atom. The number of hydrogen-bond acceptors (Lipinski definition) is 4. The number of carbonyl (C=O) groups is 2. The molecule has 0 saturated carbocycles. The van der Waals surface area contributed by atoms with Gasteiger partial charge in [0.2, 0.25) is 5.91 Å². The minimum absolute atomic E-state index is 0.0287. The van der Waals surface area contributed by atoms with Crippen LogP contribution in [0.3, 0.4) is 0 Å². The molecule has 0 aromatic heterocycles. The maximum atomic E-state index is 12.3. The Kier molecular flexibility index (Phi) is 6.27. The third-order valence-electron chi connectivity index (χ3n) is 3.71. The number of hydrogen-bond donors (Lipinski definition) is 1. The van der Waals surface area contributed by atoms with Crippen LogP contribution in [0.5, 0.6) is 0 Å². The molecule has 0 spiro atoms. The summed E-state index contributed by atoms with van der Waals surface area (Å²) in [4.78, 5) is 27.3. The SMILES string of the molecule is CCOC(=O)N1CCN(C(=O)CNc2ccc(C)cc2Br)CC1. The number of benzene rings is 1. The summed E-state index contributed by atoms with van der Waals surface area (Å²) in [6, 6.07) is 5.95. The third-order valence-corrected chi connectivity index (χ3v) is 4.37. The highest BCUT2D eigenvalue weighted by molar-refractivity contribution is 9.10. The van der Waals surface area contributed by atoms with Gasteiger partial charge in [0, 0.05) is 36.3 Å². The number of rotatable bonds is 4. The van der Waals surface area contributed by atoms with Crippen molar-refractivity contribution in [3.05, 3.63) is 28.2 Å². The Morgan fingerprint density at radius 1 is 1.22 bits per heavy atom. The van der Waals surface area contributed by atoms with Crippen LogP contribution in [0.15, 0.2) is 22.7 Å². The van der Waals surface area contributed by atoms with Gasteiger partial charge in [-0.15, -0.1) is 0 Å². The lowest BCUT2D eigenvalue weighted by molar-refractivity contribution is -0.130. The Labute approximate surface area is 144 Å². The van der Waals surface area contributed by atoms with Crippen molar-refractivity contribution in [3.8, 4) is 0 Å². The monoisotopic (exact) mass is 383 g/mol. The molecule has 0 aliphatic carbocycles. The standard InChI is InChI=1S/C16H22BrN3O3/c1-3-23-16(22)20-8-6-19(7-9-20)15(21)11-18-14-5-4-12(2)10-13(14)17/h4-5,10,18H,3,6-9,11H2,1-2H3. The molecule has 7 heteroatoms. The molecule has 0 unspecified atom stereocenters. The highest BCUT2D eigenvalue weighted by Crippen LogP contribution is 2.23. The first-order valence-electron chi connectivity index (χ1n) is 7.70. The lowest BCUT2D eigenvalue weighted by Crippen LogP contribution is -2.51. The van der Waals surface area contributed by atoms with Crippen LogP contribution >= 0.6 is 15.9 Å². The van der Waals surface area contributed by atoms with Crippen molar-refractivity contribution in [3.63, 3.8) is 0 Å². The van der Waals surface area contributed by atoms with E-state index in [2.05, 4.69) is 21.2 Å². The fourth-order valence-electron chi connectivity index (χ4n) is 2.40. The van der Waals surface area contributed by atoms with Crippen molar-refractivity contribution >= 4 is 33.6 Å². The van der Waals surface area contributed by atoms with Crippen LogP contribution in [0.25, 0.3) is 0 Å². The first kappa shape index (κ1) is 17.6. The van der Waals surface area contributed by atoms with Gasteiger partial charge in [-0.05, 0) is 47.5 Å². The number of carbonyl (C=O) groups excluding carboxylic acids is 2. The second kappa shape index (κ2) is 8.19. The van der Waals surface area contributed by atoms with Gasteiger partial charge in [-0.2, -0.15) is 0 Å². The van der Waals surface area contributed by atoms with Gasteiger partial charge in [-0.1, -0.05) is 6.07 Å². The topological polar surface area (TPSA) is 61.9 Å². The van der Waals surface area contributed by atoms with E-state index in [0.29, 0.717) is 32.8 Å². The molecule has 1 aromatic rings. The molecule has 0 radical (unpaired) electrons. The first-order chi connectivity index (χ1) is 11.0. The molecule has 1 aliphatic heterocycles. The Bertz CT molecular complexity index is 572. The molecule has 1 saturated heterocycles. The maximum absolute atomic E-state index is 12.3. The van der Waals surface area contributed by atoms with Gasteiger partial charge in [-0.3, -0.25) is 4.79 Å². The average molecular weight is 384 g/mol. The molecule has 1 heterocycles. The van der Waals surface area contributed by atoms with E-state index < -0.39 is 0 Å². The highest BCUT2D eigenvalue weighted by Gasteiger charge is 2.24.